The topological polar surface area (TPSA) is 116 Å². The number of carbonyl (C=O) groups is 1. The lowest BCUT2D eigenvalue weighted by molar-refractivity contribution is -0.205. The Morgan fingerprint density at radius 2 is 1.86 bits per heavy atom. The molecule has 1 fully saturated rings. The summed E-state index contributed by atoms with van der Waals surface area (Å²) in [4.78, 5) is 10.9. The minimum Gasteiger partial charge on any atom is -0.469 e. The van der Waals surface area contributed by atoms with E-state index in [4.69, 9.17) is 9.84 Å². The van der Waals surface area contributed by atoms with E-state index in [0.29, 0.717) is 12.2 Å². The Labute approximate surface area is 128 Å². The van der Waals surface area contributed by atoms with Gasteiger partial charge in [-0.3, -0.25) is 4.79 Å². The van der Waals surface area contributed by atoms with Crippen LogP contribution in [0.5, 0.6) is 0 Å². The largest absolute Gasteiger partial charge is 0.469 e. The van der Waals surface area contributed by atoms with Crippen LogP contribution in [-0.4, -0.2) is 75.7 Å². The third kappa shape index (κ3) is 5.72. The van der Waals surface area contributed by atoms with Gasteiger partial charge in [-0.15, -0.1) is 11.8 Å². The van der Waals surface area contributed by atoms with Crippen molar-refractivity contribution in [1.29, 1.82) is 0 Å². The maximum Gasteiger partial charge on any atom is 0.305 e. The van der Waals surface area contributed by atoms with E-state index in [2.05, 4.69) is 4.74 Å². The van der Waals surface area contributed by atoms with Crippen molar-refractivity contribution in [1.82, 2.24) is 0 Å². The van der Waals surface area contributed by atoms with Gasteiger partial charge in [0.05, 0.1) is 13.7 Å². The second kappa shape index (κ2) is 9.60. The zero-order valence-corrected chi connectivity index (χ0v) is 12.9. The van der Waals surface area contributed by atoms with Gasteiger partial charge < -0.3 is 29.9 Å². The number of hydrogen-bond acceptors (Lipinski definition) is 8. The van der Waals surface area contributed by atoms with E-state index in [9.17, 15) is 20.1 Å². The first-order valence-electron chi connectivity index (χ1n) is 7.00. The lowest BCUT2D eigenvalue weighted by Crippen LogP contribution is -2.57. The van der Waals surface area contributed by atoms with Crippen LogP contribution in [0.15, 0.2) is 0 Å². The van der Waals surface area contributed by atoms with E-state index in [0.717, 1.165) is 19.3 Å². The highest BCUT2D eigenvalue weighted by Crippen LogP contribution is 2.29. The molecule has 1 aliphatic rings. The molecule has 0 aromatic heterocycles. The Balaban J connectivity index is 2.23. The van der Waals surface area contributed by atoms with Crippen molar-refractivity contribution in [3.05, 3.63) is 0 Å². The van der Waals surface area contributed by atoms with Crippen molar-refractivity contribution in [3.8, 4) is 0 Å². The van der Waals surface area contributed by atoms with Gasteiger partial charge in [0.25, 0.3) is 0 Å². The smallest absolute Gasteiger partial charge is 0.305 e. The third-order valence-corrected chi connectivity index (χ3v) is 4.63. The standard InChI is InChI=1S/C13H24O7S/c1-19-9(15)5-3-2-4-6-21-13-12(18)11(17)10(16)8(7-14)20-13/h8,10-14,16-18H,2-7H2,1H3/t8-,10-,11+,12-,13+/m1/s1. The number of carbonyl (C=O) groups excluding carboxylic acids is 1. The average molecular weight is 324 g/mol. The Bertz CT molecular complexity index is 313. The summed E-state index contributed by atoms with van der Waals surface area (Å²) in [6.45, 7) is -0.416. The molecule has 1 aliphatic heterocycles. The van der Waals surface area contributed by atoms with Gasteiger partial charge in [-0.2, -0.15) is 0 Å². The van der Waals surface area contributed by atoms with E-state index < -0.39 is 36.5 Å². The van der Waals surface area contributed by atoms with Gasteiger partial charge in [0.1, 0.15) is 29.9 Å². The molecule has 0 amide bonds. The molecule has 1 heterocycles. The zero-order valence-electron chi connectivity index (χ0n) is 12.1. The van der Waals surface area contributed by atoms with Crippen molar-refractivity contribution in [2.75, 3.05) is 19.5 Å². The molecule has 0 spiro atoms. The van der Waals surface area contributed by atoms with Crippen molar-refractivity contribution in [2.45, 2.75) is 55.5 Å². The lowest BCUT2D eigenvalue weighted by atomic mass is 10.0. The first kappa shape index (κ1) is 18.7. The summed E-state index contributed by atoms with van der Waals surface area (Å²) in [5, 5.41) is 38.2. The number of thioether (sulfide) groups is 1. The van der Waals surface area contributed by atoms with Crippen LogP contribution in [0, 0.1) is 0 Å². The molecule has 5 atom stereocenters. The summed E-state index contributed by atoms with van der Waals surface area (Å²) in [6.07, 6.45) is -1.89. The molecule has 0 unspecified atom stereocenters. The number of ether oxygens (including phenoxy) is 2. The summed E-state index contributed by atoms with van der Waals surface area (Å²) in [6, 6.07) is 0. The van der Waals surface area contributed by atoms with Crippen LogP contribution in [0.4, 0.5) is 0 Å². The fourth-order valence-electron chi connectivity index (χ4n) is 2.05. The van der Waals surface area contributed by atoms with Gasteiger partial charge in [-0.05, 0) is 18.6 Å². The van der Waals surface area contributed by atoms with Crippen LogP contribution >= 0.6 is 11.8 Å². The first-order valence-corrected chi connectivity index (χ1v) is 8.05. The van der Waals surface area contributed by atoms with Crippen molar-refractivity contribution < 1.29 is 34.7 Å². The fourth-order valence-corrected chi connectivity index (χ4v) is 3.24. The highest BCUT2D eigenvalue weighted by atomic mass is 32.2. The predicted molar refractivity (Wildman–Crippen MR) is 76.7 cm³/mol. The average Bonchev–Trinajstić information content (AvgIpc) is 2.50. The predicted octanol–water partition coefficient (Wildman–Crippen LogP) is -0.747. The number of rotatable bonds is 8. The zero-order chi connectivity index (χ0) is 15.8. The van der Waals surface area contributed by atoms with Gasteiger partial charge in [0.15, 0.2) is 0 Å². The van der Waals surface area contributed by atoms with Crippen LogP contribution in [0.1, 0.15) is 25.7 Å². The molecule has 7 nitrogen and oxygen atoms in total. The third-order valence-electron chi connectivity index (χ3n) is 3.38. The monoisotopic (exact) mass is 324 g/mol. The molecule has 1 rings (SSSR count). The quantitative estimate of drug-likeness (QED) is 0.340. The highest BCUT2D eigenvalue weighted by Gasteiger charge is 2.43. The molecule has 21 heavy (non-hydrogen) atoms. The molecular formula is C13H24O7S. The number of aliphatic hydroxyl groups is 4. The number of unbranched alkanes of at least 4 members (excludes halogenated alkanes) is 2. The minimum absolute atomic E-state index is 0.225. The molecule has 0 aliphatic carbocycles. The summed E-state index contributed by atoms with van der Waals surface area (Å²) < 4.78 is 9.91. The van der Waals surface area contributed by atoms with E-state index >= 15 is 0 Å². The van der Waals surface area contributed by atoms with Crippen LogP contribution in [0.2, 0.25) is 0 Å². The normalized spacial score (nSPS) is 32.9. The summed E-state index contributed by atoms with van der Waals surface area (Å²) in [5.41, 5.74) is -0.679. The number of hydrogen-bond donors (Lipinski definition) is 4. The van der Waals surface area contributed by atoms with Crippen LogP contribution in [0.25, 0.3) is 0 Å². The molecule has 4 N–H and O–H groups in total. The molecular weight excluding hydrogens is 300 g/mol. The molecule has 124 valence electrons. The highest BCUT2D eigenvalue weighted by molar-refractivity contribution is 7.99. The second-order valence-electron chi connectivity index (χ2n) is 4.95. The Kier molecular flexibility index (Phi) is 8.53. The van der Waals surface area contributed by atoms with Gasteiger partial charge in [0, 0.05) is 6.42 Å². The Hall–Kier alpha value is -0.380. The number of aliphatic hydroxyl groups excluding tert-OH is 4. The van der Waals surface area contributed by atoms with Crippen molar-refractivity contribution in [2.24, 2.45) is 0 Å². The molecule has 0 radical (unpaired) electrons. The van der Waals surface area contributed by atoms with Gasteiger partial charge in [0.2, 0.25) is 0 Å². The maximum atomic E-state index is 10.9. The SMILES string of the molecule is COC(=O)CCCCCS[C@@H]1O[C@H](CO)[C@@H](O)[C@H](O)[C@H]1O. The Morgan fingerprint density at radius 1 is 1.14 bits per heavy atom. The van der Waals surface area contributed by atoms with E-state index in [1.807, 2.05) is 0 Å². The van der Waals surface area contributed by atoms with E-state index in [1.165, 1.54) is 18.9 Å². The first-order chi connectivity index (χ1) is 10.0. The molecule has 1 saturated heterocycles. The molecule has 0 aromatic rings. The van der Waals surface area contributed by atoms with Gasteiger partial charge in [-0.1, -0.05) is 6.42 Å². The van der Waals surface area contributed by atoms with Crippen LogP contribution in [0.3, 0.4) is 0 Å². The number of esters is 1. The summed E-state index contributed by atoms with van der Waals surface area (Å²) in [5.74, 6) is 0.459. The number of methoxy groups -OCH3 is 1. The van der Waals surface area contributed by atoms with E-state index in [-0.39, 0.29) is 5.97 Å². The second-order valence-corrected chi connectivity index (χ2v) is 6.16. The van der Waals surface area contributed by atoms with Gasteiger partial charge >= 0.3 is 5.97 Å². The van der Waals surface area contributed by atoms with Crippen molar-refractivity contribution in [3.63, 3.8) is 0 Å². The molecule has 0 saturated carbocycles. The molecule has 0 aromatic carbocycles. The summed E-state index contributed by atoms with van der Waals surface area (Å²) >= 11 is 1.32. The Morgan fingerprint density at radius 3 is 2.48 bits per heavy atom. The maximum absolute atomic E-state index is 10.9. The molecule has 0 bridgehead atoms. The lowest BCUT2D eigenvalue weighted by Gasteiger charge is -2.39. The van der Waals surface area contributed by atoms with Crippen LogP contribution in [-0.2, 0) is 14.3 Å². The fraction of sp³-hybridized carbons (Fsp3) is 0.923. The van der Waals surface area contributed by atoms with Crippen molar-refractivity contribution >= 4 is 17.7 Å². The molecule has 8 heteroatoms. The summed E-state index contributed by atoms with van der Waals surface area (Å²) in [7, 11) is 1.36. The van der Waals surface area contributed by atoms with Gasteiger partial charge in [-0.25, -0.2) is 0 Å². The van der Waals surface area contributed by atoms with E-state index in [1.54, 1.807) is 0 Å². The minimum atomic E-state index is -1.33. The van der Waals surface area contributed by atoms with Crippen LogP contribution < -0.4 is 0 Å².